The van der Waals surface area contributed by atoms with E-state index < -0.39 is 0 Å². The molecular formula is C10H21BrMgO3. The van der Waals surface area contributed by atoms with E-state index in [1.807, 2.05) is 0 Å². The van der Waals surface area contributed by atoms with Crippen LogP contribution < -0.4 is 17.0 Å². The molecule has 0 aliphatic rings. The zero-order valence-corrected chi connectivity index (χ0v) is 11.6. The fourth-order valence-electron chi connectivity index (χ4n) is 0.0680. The van der Waals surface area contributed by atoms with Gasteiger partial charge in [0, 0.05) is 0 Å². The Morgan fingerprint density at radius 1 is 1.47 bits per heavy atom. The normalized spacial score (nSPS) is 4.67. The molecule has 3 nitrogen and oxygen atoms in total. The maximum Gasteiger partial charge on any atom is 2.00 e. The molecular weight excluding hydrogens is 272 g/mol. The summed E-state index contributed by atoms with van der Waals surface area (Å²) >= 11 is 0. The van der Waals surface area contributed by atoms with Crippen molar-refractivity contribution in [2.45, 2.75) is 14.4 Å². The minimum absolute atomic E-state index is 0. The van der Waals surface area contributed by atoms with Gasteiger partial charge < -0.3 is 26.8 Å². The summed E-state index contributed by atoms with van der Waals surface area (Å²) in [6, 6.07) is 0. The first-order valence-corrected chi connectivity index (χ1v) is 3.42. The Morgan fingerprint density at radius 3 is 1.73 bits per heavy atom. The van der Waals surface area contributed by atoms with Crippen molar-refractivity contribution in [3.8, 4) is 0 Å². The second-order valence-electron chi connectivity index (χ2n) is 1.31. The molecule has 0 aliphatic carbocycles. The van der Waals surface area contributed by atoms with Gasteiger partial charge in [0.25, 0.3) is 6.47 Å². The maximum absolute atomic E-state index is 9.18. The van der Waals surface area contributed by atoms with E-state index in [4.69, 9.17) is 5.11 Å². The first kappa shape index (κ1) is 36.3. The average Bonchev–Trinajstić information content (AvgIpc) is 2.08. The monoisotopic (exact) mass is 292 g/mol. The minimum Gasteiger partial charge on any atom is -1.00 e. The van der Waals surface area contributed by atoms with Crippen molar-refractivity contribution in [1.82, 2.24) is 0 Å². The fourth-order valence-corrected chi connectivity index (χ4v) is 0.0680. The molecule has 0 rings (SSSR count). The molecule has 0 bridgehead atoms. The maximum atomic E-state index is 9.18. The third kappa shape index (κ3) is 222. The topological polar surface area (TPSA) is 46.5 Å². The van der Waals surface area contributed by atoms with E-state index in [2.05, 4.69) is 24.8 Å². The molecule has 0 aromatic carbocycles. The quantitative estimate of drug-likeness (QED) is 0.302. The molecule has 88 valence electrons. The fraction of sp³-hybridized carbons (Fsp3) is 0.400. The van der Waals surface area contributed by atoms with Crippen LogP contribution in [-0.4, -0.2) is 47.8 Å². The van der Waals surface area contributed by atoms with Gasteiger partial charge in [0.05, 0.1) is 13.2 Å². The smallest absolute Gasteiger partial charge is 1.00 e. The van der Waals surface area contributed by atoms with Crippen LogP contribution in [0.15, 0.2) is 25.3 Å². The van der Waals surface area contributed by atoms with Gasteiger partial charge in [-0.05, 0) is 6.92 Å². The predicted octanol–water partition coefficient (Wildman–Crippen LogP) is -1.39. The molecule has 0 aromatic heterocycles. The summed E-state index contributed by atoms with van der Waals surface area (Å²) in [5.41, 5.74) is 0. The molecule has 1 N–H and O–H groups in total. The Balaban J connectivity index is -0.0000000189. The third-order valence-electron chi connectivity index (χ3n) is 0.364. The van der Waals surface area contributed by atoms with Gasteiger partial charge >= 0.3 is 23.1 Å². The van der Waals surface area contributed by atoms with Crippen molar-refractivity contribution < 1.29 is 31.6 Å². The molecule has 5 heteroatoms. The number of allylic oxidation sites excluding steroid dienone is 1. The van der Waals surface area contributed by atoms with E-state index in [1.165, 1.54) is 12.2 Å². The molecule has 15 heavy (non-hydrogen) atoms. The molecule has 0 saturated heterocycles. The van der Waals surface area contributed by atoms with Crippen molar-refractivity contribution in [2.75, 3.05) is 13.2 Å². The predicted molar refractivity (Wildman–Crippen MR) is 63.0 cm³/mol. The molecule has 0 saturated carbocycles. The number of aliphatic hydroxyl groups excluding tert-OH is 1. The number of aliphatic hydroxyl groups is 1. The summed E-state index contributed by atoms with van der Waals surface area (Å²) in [7, 11) is 0. The first-order valence-electron chi connectivity index (χ1n) is 3.42. The Bertz CT molecular complexity index is 101. The Hall–Kier alpha value is 0.0262. The van der Waals surface area contributed by atoms with Crippen LogP contribution in [0.1, 0.15) is 14.4 Å². The van der Waals surface area contributed by atoms with E-state index in [0.717, 1.165) is 0 Å². The number of hydrogen-bond donors (Lipinski definition) is 1. The first-order chi connectivity index (χ1) is 5.74. The molecule has 0 fully saturated rings. The van der Waals surface area contributed by atoms with Crippen LogP contribution in [0.25, 0.3) is 0 Å². The molecule has 0 amide bonds. The number of ether oxygens (including phenoxy) is 1. The van der Waals surface area contributed by atoms with Gasteiger partial charge in [-0.3, -0.25) is 4.79 Å². The van der Waals surface area contributed by atoms with Gasteiger partial charge in [0.15, 0.2) is 0 Å². The van der Waals surface area contributed by atoms with Crippen molar-refractivity contribution in [3.63, 3.8) is 0 Å². The number of carbonyl (C=O) groups excluding carboxylic acids is 1. The molecule has 0 heterocycles. The van der Waals surface area contributed by atoms with Gasteiger partial charge in [0.1, 0.15) is 0 Å². The molecule has 0 radical (unpaired) electrons. The molecule has 0 atom stereocenters. The number of hydrogen-bond acceptors (Lipinski definition) is 3. The van der Waals surface area contributed by atoms with Crippen LogP contribution in [0, 0.1) is 6.92 Å². The summed E-state index contributed by atoms with van der Waals surface area (Å²) in [5.74, 6) is 0. The Kier molecular flexibility index (Phi) is 159. The summed E-state index contributed by atoms with van der Waals surface area (Å²) in [6.07, 6.45) is 2.93. The van der Waals surface area contributed by atoms with Gasteiger partial charge in [0.2, 0.25) is 0 Å². The largest absolute Gasteiger partial charge is 2.00 e. The van der Waals surface area contributed by atoms with E-state index in [9.17, 15) is 4.79 Å². The Labute approximate surface area is 121 Å². The van der Waals surface area contributed by atoms with E-state index in [0.29, 0.717) is 13.1 Å². The van der Waals surface area contributed by atoms with Crippen LogP contribution >= 0.6 is 0 Å². The summed E-state index contributed by atoms with van der Waals surface area (Å²) in [6.45, 7) is 12.5. The average molecular weight is 293 g/mol. The number of rotatable bonds is 3. The minimum atomic E-state index is 0. The summed E-state index contributed by atoms with van der Waals surface area (Å²) in [5, 5.41) is 7.76. The Morgan fingerprint density at radius 2 is 1.73 bits per heavy atom. The zero-order valence-electron chi connectivity index (χ0n) is 8.62. The van der Waals surface area contributed by atoms with Crippen LogP contribution in [0.3, 0.4) is 0 Å². The standard InChI is InChI=1S/C3H6O2.C3H6O.C3H5.CH4.BrH.Mg/c1-2-5-3-4;1-2-3-4;1-3-2;;;/h3H,2H2,1H3;2,4H,1,3H2;3H,1-2H2;1H4;1H;/q;;-1;;;+2/p-1. The second kappa shape index (κ2) is 65.5. The van der Waals surface area contributed by atoms with Crippen molar-refractivity contribution in [2.24, 2.45) is 0 Å². The third-order valence-corrected chi connectivity index (χ3v) is 0.364. The van der Waals surface area contributed by atoms with Gasteiger partial charge in [-0.15, -0.1) is 6.58 Å². The van der Waals surface area contributed by atoms with Gasteiger partial charge in [-0.25, -0.2) is 19.6 Å². The number of halogens is 1. The van der Waals surface area contributed by atoms with Crippen molar-refractivity contribution >= 4 is 29.5 Å². The van der Waals surface area contributed by atoms with E-state index in [1.54, 1.807) is 6.92 Å². The molecule has 0 aromatic rings. The number of carbonyl (C=O) groups is 1. The van der Waals surface area contributed by atoms with Gasteiger partial charge in [-0.1, -0.05) is 13.5 Å². The van der Waals surface area contributed by atoms with E-state index in [-0.39, 0.29) is 54.1 Å². The molecule has 0 spiro atoms. The summed E-state index contributed by atoms with van der Waals surface area (Å²) in [4.78, 5) is 9.18. The molecule has 0 unspecified atom stereocenters. The SMILES string of the molecule is C.C=CCO.C=C[CH2-].CCOC=O.[Br-].[Mg+2]. The van der Waals surface area contributed by atoms with E-state index >= 15 is 0 Å². The molecule has 0 aliphatic heterocycles. The van der Waals surface area contributed by atoms with Crippen LogP contribution in [0.5, 0.6) is 0 Å². The van der Waals surface area contributed by atoms with Crippen molar-refractivity contribution in [1.29, 1.82) is 0 Å². The summed E-state index contributed by atoms with van der Waals surface area (Å²) < 4.78 is 4.15. The zero-order chi connectivity index (χ0) is 10.2. The van der Waals surface area contributed by atoms with Crippen LogP contribution in [0.4, 0.5) is 0 Å². The van der Waals surface area contributed by atoms with Crippen molar-refractivity contribution in [3.05, 3.63) is 32.2 Å². The van der Waals surface area contributed by atoms with Crippen LogP contribution in [0.2, 0.25) is 0 Å². The van der Waals surface area contributed by atoms with Crippen LogP contribution in [-0.2, 0) is 9.53 Å². The second-order valence-corrected chi connectivity index (χ2v) is 1.31. The van der Waals surface area contributed by atoms with Gasteiger partial charge in [-0.2, -0.15) is 0 Å².